The summed E-state index contributed by atoms with van der Waals surface area (Å²) in [5.74, 6) is -0.223. The number of H-pyrrole nitrogens is 1. The minimum absolute atomic E-state index is 0.0547. The van der Waals surface area contributed by atoms with Crippen LogP contribution in [0, 0.1) is 17.7 Å². The van der Waals surface area contributed by atoms with E-state index in [0.717, 1.165) is 30.3 Å². The van der Waals surface area contributed by atoms with Crippen molar-refractivity contribution in [2.24, 2.45) is 11.8 Å². The van der Waals surface area contributed by atoms with Gasteiger partial charge in [-0.2, -0.15) is 0 Å². The Kier molecular flexibility index (Phi) is 9.16. The third kappa shape index (κ3) is 6.74. The number of halogens is 2. The second kappa shape index (κ2) is 12.5. The van der Waals surface area contributed by atoms with Gasteiger partial charge in [0.15, 0.2) is 0 Å². The Labute approximate surface area is 257 Å². The van der Waals surface area contributed by atoms with E-state index >= 15 is 0 Å². The number of aromatic amines is 1. The Hall–Kier alpha value is -3.01. The number of benzene rings is 2. The van der Waals surface area contributed by atoms with Crippen molar-refractivity contribution in [3.05, 3.63) is 64.2 Å². The second-order valence-electron chi connectivity index (χ2n) is 13.0. The van der Waals surface area contributed by atoms with Crippen molar-refractivity contribution in [2.45, 2.75) is 82.3 Å². The Balaban J connectivity index is 1.38. The lowest BCUT2D eigenvalue weighted by Gasteiger charge is -2.36. The number of carbonyl (C=O) groups is 2. The van der Waals surface area contributed by atoms with Gasteiger partial charge in [-0.1, -0.05) is 44.0 Å². The predicted octanol–water partition coefficient (Wildman–Crippen LogP) is 5.17. The van der Waals surface area contributed by atoms with Crippen LogP contribution in [0.25, 0.3) is 11.0 Å². The molecule has 2 aromatic carbocycles. The molecule has 1 heterocycles. The summed E-state index contributed by atoms with van der Waals surface area (Å²) < 4.78 is 20.3. The molecule has 0 radical (unpaired) electrons. The van der Waals surface area contributed by atoms with Gasteiger partial charge in [-0.25, -0.2) is 9.37 Å². The number of nitrogens with one attached hydrogen (secondary N) is 3. The van der Waals surface area contributed by atoms with Crippen molar-refractivity contribution in [1.29, 1.82) is 0 Å². The van der Waals surface area contributed by atoms with Crippen LogP contribution in [0.3, 0.4) is 0 Å². The largest absolute Gasteiger partial charge is 0.388 e. The van der Waals surface area contributed by atoms with Crippen LogP contribution >= 0.6 is 11.6 Å². The molecule has 232 valence electrons. The summed E-state index contributed by atoms with van der Waals surface area (Å²) in [5.41, 5.74) is 0.769. The highest BCUT2D eigenvalue weighted by molar-refractivity contribution is 6.31. The lowest BCUT2D eigenvalue weighted by Crippen LogP contribution is -2.58. The van der Waals surface area contributed by atoms with E-state index in [9.17, 15) is 19.1 Å². The van der Waals surface area contributed by atoms with Gasteiger partial charge in [0.1, 0.15) is 17.7 Å². The number of hydrogen-bond donors (Lipinski definition) is 4. The maximum Gasteiger partial charge on any atom is 0.242 e. The maximum absolute atomic E-state index is 14.8. The van der Waals surface area contributed by atoms with Gasteiger partial charge in [0, 0.05) is 30.7 Å². The third-order valence-corrected chi connectivity index (χ3v) is 9.63. The topological polar surface area (TPSA) is 116 Å². The lowest BCUT2D eigenvalue weighted by atomic mass is 9.77. The van der Waals surface area contributed by atoms with Gasteiger partial charge < -0.3 is 25.5 Å². The minimum Gasteiger partial charge on any atom is -0.388 e. The van der Waals surface area contributed by atoms with E-state index in [1.54, 1.807) is 19.2 Å². The molecule has 3 atom stereocenters. The van der Waals surface area contributed by atoms with Gasteiger partial charge in [0.25, 0.3) is 0 Å². The number of nitrogens with zero attached hydrogens (tertiary/aromatic N) is 1. The van der Waals surface area contributed by atoms with Crippen molar-refractivity contribution in [2.75, 3.05) is 20.3 Å². The molecule has 3 aromatic rings. The van der Waals surface area contributed by atoms with Crippen LogP contribution in [0.4, 0.5) is 4.39 Å². The van der Waals surface area contributed by atoms with Gasteiger partial charge in [0.05, 0.1) is 28.7 Å². The van der Waals surface area contributed by atoms with E-state index < -0.39 is 17.1 Å². The molecule has 1 aromatic heterocycles. The molecule has 2 aliphatic rings. The van der Waals surface area contributed by atoms with Crippen molar-refractivity contribution in [3.63, 3.8) is 0 Å². The number of carbonyl (C=O) groups excluding carboxylic acids is 2. The number of aromatic nitrogens is 2. The van der Waals surface area contributed by atoms with Gasteiger partial charge >= 0.3 is 0 Å². The number of hydrogen-bond acceptors (Lipinski definition) is 5. The van der Waals surface area contributed by atoms with Crippen LogP contribution < -0.4 is 10.6 Å². The first-order valence-electron chi connectivity index (χ1n) is 15.2. The average molecular weight is 613 g/mol. The molecule has 5 rings (SSSR count). The summed E-state index contributed by atoms with van der Waals surface area (Å²) in [7, 11) is 1.55. The zero-order chi connectivity index (χ0) is 30.9. The van der Waals surface area contributed by atoms with E-state index in [2.05, 4.69) is 15.6 Å². The van der Waals surface area contributed by atoms with E-state index in [4.69, 9.17) is 21.3 Å². The second-order valence-corrected chi connectivity index (χ2v) is 13.4. The van der Waals surface area contributed by atoms with Crippen LogP contribution in [0.1, 0.15) is 75.7 Å². The highest BCUT2D eigenvalue weighted by atomic mass is 35.5. The summed E-state index contributed by atoms with van der Waals surface area (Å²) in [6.07, 6.45) is 4.55. The van der Waals surface area contributed by atoms with Crippen LogP contribution in [0.5, 0.6) is 0 Å². The fourth-order valence-electron chi connectivity index (χ4n) is 5.97. The Morgan fingerprint density at radius 3 is 2.60 bits per heavy atom. The summed E-state index contributed by atoms with van der Waals surface area (Å²) in [4.78, 5) is 35.2. The van der Waals surface area contributed by atoms with Gasteiger partial charge in [-0.05, 0) is 80.2 Å². The number of rotatable bonds is 13. The molecule has 0 aliphatic heterocycles. The van der Waals surface area contributed by atoms with Crippen LogP contribution in [-0.4, -0.2) is 58.8 Å². The van der Waals surface area contributed by atoms with Gasteiger partial charge in [0.2, 0.25) is 11.8 Å². The molecule has 2 aliphatic carbocycles. The van der Waals surface area contributed by atoms with Crippen LogP contribution in [0.2, 0.25) is 5.02 Å². The molecule has 10 heteroatoms. The SMILES string of the molecule is COCC(C)(C(=O)N[C@@H](C(=O)NCC1(O)CC1)C1CCC1)c1ccc2nc(CC(c3c(F)cccc3Cl)C(C)C)[nH]c2c1. The highest BCUT2D eigenvalue weighted by Crippen LogP contribution is 2.37. The number of amides is 2. The predicted molar refractivity (Wildman–Crippen MR) is 164 cm³/mol. The molecule has 2 unspecified atom stereocenters. The summed E-state index contributed by atoms with van der Waals surface area (Å²) in [6, 6.07) is 9.68. The van der Waals surface area contributed by atoms with Crippen molar-refractivity contribution in [1.82, 2.24) is 20.6 Å². The summed E-state index contributed by atoms with van der Waals surface area (Å²) >= 11 is 6.42. The molecule has 2 saturated carbocycles. The number of imidazole rings is 1. The summed E-state index contributed by atoms with van der Waals surface area (Å²) in [5, 5.41) is 16.5. The first kappa shape index (κ1) is 31.4. The molecule has 2 fully saturated rings. The van der Waals surface area contributed by atoms with Gasteiger partial charge in [-0.3, -0.25) is 9.59 Å². The van der Waals surface area contributed by atoms with Crippen LogP contribution in [0.15, 0.2) is 36.4 Å². The van der Waals surface area contributed by atoms with E-state index in [-0.39, 0.29) is 48.5 Å². The standard InChI is InChI=1S/C33H42ClFN4O4/c1-19(2)22(28-23(34)9-6-10-24(28)35)16-27-37-25-12-11-21(15-26(25)38-27)32(3,18-43-4)31(41)39-29(20-7-5-8-20)30(40)36-17-33(42)13-14-33/h6,9-12,15,19-20,22,29,42H,5,7-8,13-14,16-18H2,1-4H3,(H,36,40)(H,37,38)(H,39,41)/t22?,29-,32?/m1/s1. The van der Waals surface area contributed by atoms with E-state index in [0.29, 0.717) is 41.2 Å². The Morgan fingerprint density at radius 1 is 1.26 bits per heavy atom. The zero-order valence-corrected chi connectivity index (χ0v) is 26.1. The van der Waals surface area contributed by atoms with Crippen molar-refractivity contribution >= 4 is 34.4 Å². The van der Waals surface area contributed by atoms with Crippen molar-refractivity contribution in [3.8, 4) is 0 Å². The lowest BCUT2D eigenvalue weighted by molar-refractivity contribution is -0.135. The van der Waals surface area contributed by atoms with E-state index in [1.165, 1.54) is 6.07 Å². The number of fused-ring (bicyclic) bond motifs is 1. The quantitative estimate of drug-likeness (QED) is 0.213. The monoisotopic (exact) mass is 612 g/mol. The normalized spacial score (nSPS) is 19.0. The fourth-order valence-corrected chi connectivity index (χ4v) is 6.27. The molecule has 4 N–H and O–H groups in total. The van der Waals surface area contributed by atoms with Gasteiger partial charge in [-0.15, -0.1) is 0 Å². The first-order valence-corrected chi connectivity index (χ1v) is 15.5. The molecule has 0 spiro atoms. The van der Waals surface area contributed by atoms with E-state index in [1.807, 2.05) is 39.0 Å². The molecular formula is C33H42ClFN4O4. The third-order valence-electron chi connectivity index (χ3n) is 9.30. The van der Waals surface area contributed by atoms with Crippen molar-refractivity contribution < 1.29 is 23.8 Å². The number of methoxy groups -OCH3 is 1. The molecule has 43 heavy (non-hydrogen) atoms. The smallest absolute Gasteiger partial charge is 0.242 e. The molecule has 8 nitrogen and oxygen atoms in total. The molecule has 2 amide bonds. The summed E-state index contributed by atoms with van der Waals surface area (Å²) in [6.45, 7) is 6.18. The Bertz CT molecular complexity index is 1460. The fraction of sp³-hybridized carbons (Fsp3) is 0.545. The highest BCUT2D eigenvalue weighted by Gasteiger charge is 2.44. The van der Waals surface area contributed by atoms with Crippen LogP contribution in [-0.2, 0) is 26.2 Å². The first-order chi connectivity index (χ1) is 20.4. The zero-order valence-electron chi connectivity index (χ0n) is 25.3. The molecule has 0 bridgehead atoms. The molecular weight excluding hydrogens is 571 g/mol. The average Bonchev–Trinajstić information content (AvgIpc) is 3.53. The number of ether oxygens (including phenoxy) is 1. The molecule has 0 saturated heterocycles. The Morgan fingerprint density at radius 2 is 2.00 bits per heavy atom. The maximum atomic E-state index is 14.8. The number of aliphatic hydroxyl groups is 1. The minimum atomic E-state index is -1.09.